The van der Waals surface area contributed by atoms with Gasteiger partial charge in [-0.2, -0.15) is 0 Å². The van der Waals surface area contributed by atoms with Gasteiger partial charge >= 0.3 is 0 Å². The van der Waals surface area contributed by atoms with E-state index >= 15 is 0 Å². The van der Waals surface area contributed by atoms with Crippen LogP contribution in [0.4, 0.5) is 0 Å². The van der Waals surface area contributed by atoms with Crippen LogP contribution in [-0.2, 0) is 0 Å². The van der Waals surface area contributed by atoms with E-state index in [2.05, 4.69) is 0 Å². The Bertz CT molecular complexity index is 478. The molecule has 22 heavy (non-hydrogen) atoms. The largest absolute Gasteiger partial charge is 0.493 e. The van der Waals surface area contributed by atoms with Crippen LogP contribution in [0, 0.1) is 11.3 Å². The highest BCUT2D eigenvalue weighted by atomic mass is 16.5. The molecule has 0 aliphatic heterocycles. The topological polar surface area (TPSA) is 55.5 Å². The molecule has 1 aromatic carbocycles. The molecule has 2 aliphatic rings. The van der Waals surface area contributed by atoms with Crippen molar-refractivity contribution in [1.29, 1.82) is 0 Å². The quantitative estimate of drug-likeness (QED) is 0.805. The Morgan fingerprint density at radius 3 is 2.64 bits per heavy atom. The second-order valence-electron chi connectivity index (χ2n) is 7.15. The predicted octanol–water partition coefficient (Wildman–Crippen LogP) is 3.81. The number of hydrogen-bond donors (Lipinski definition) is 2. The van der Waals surface area contributed by atoms with E-state index in [0.717, 1.165) is 23.8 Å². The van der Waals surface area contributed by atoms with E-state index in [-0.39, 0.29) is 0 Å². The normalized spacial score (nSPS) is 22.3. The summed E-state index contributed by atoms with van der Waals surface area (Å²) in [6.07, 6.45) is 9.64. The molecule has 2 aliphatic carbocycles. The third kappa shape index (κ3) is 3.31. The van der Waals surface area contributed by atoms with Crippen LogP contribution in [0.5, 0.6) is 5.75 Å². The van der Waals surface area contributed by atoms with Crippen LogP contribution in [0.3, 0.4) is 0 Å². The monoisotopic (exact) mass is 303 g/mol. The van der Waals surface area contributed by atoms with Gasteiger partial charge in [0.15, 0.2) is 0 Å². The number of rotatable bonds is 7. The van der Waals surface area contributed by atoms with E-state index < -0.39 is 6.10 Å². The van der Waals surface area contributed by atoms with Crippen molar-refractivity contribution in [2.75, 3.05) is 13.2 Å². The van der Waals surface area contributed by atoms with Gasteiger partial charge < -0.3 is 15.6 Å². The second kappa shape index (κ2) is 7.01. The zero-order valence-electron chi connectivity index (χ0n) is 13.5. The predicted molar refractivity (Wildman–Crippen MR) is 88.8 cm³/mol. The number of aliphatic hydroxyl groups excluding tert-OH is 1. The summed E-state index contributed by atoms with van der Waals surface area (Å²) in [4.78, 5) is 0. The molecule has 2 fully saturated rings. The van der Waals surface area contributed by atoms with E-state index in [0.29, 0.717) is 18.4 Å². The molecule has 3 nitrogen and oxygen atoms in total. The van der Waals surface area contributed by atoms with Crippen LogP contribution in [0.1, 0.15) is 63.0 Å². The lowest BCUT2D eigenvalue weighted by atomic mass is 9.64. The van der Waals surface area contributed by atoms with Crippen LogP contribution in [0.15, 0.2) is 24.3 Å². The van der Waals surface area contributed by atoms with Crippen molar-refractivity contribution in [3.8, 4) is 5.75 Å². The lowest BCUT2D eigenvalue weighted by Crippen LogP contribution is -2.37. The Morgan fingerprint density at radius 2 is 2.00 bits per heavy atom. The van der Waals surface area contributed by atoms with Gasteiger partial charge in [-0.05, 0) is 62.3 Å². The molecular formula is C19H29NO2. The third-order valence-electron chi connectivity index (χ3n) is 5.78. The van der Waals surface area contributed by atoms with Gasteiger partial charge in [0.25, 0.3) is 0 Å². The van der Waals surface area contributed by atoms with E-state index in [4.69, 9.17) is 10.5 Å². The average Bonchev–Trinajstić information content (AvgIpc) is 2.93. The van der Waals surface area contributed by atoms with Gasteiger partial charge in [0.1, 0.15) is 5.75 Å². The molecule has 122 valence electrons. The zero-order chi connectivity index (χ0) is 15.4. The van der Waals surface area contributed by atoms with Crippen molar-refractivity contribution in [2.24, 2.45) is 17.1 Å². The molecule has 0 amide bonds. The SMILES string of the molecule is NCCC(O)c1cccc(OCC2(C3CCC3)CCCC2)c1. The van der Waals surface area contributed by atoms with Crippen molar-refractivity contribution < 1.29 is 9.84 Å². The fourth-order valence-corrected chi connectivity index (χ4v) is 4.13. The molecule has 0 heterocycles. The second-order valence-corrected chi connectivity index (χ2v) is 7.15. The van der Waals surface area contributed by atoms with E-state index in [1.165, 1.54) is 44.9 Å². The summed E-state index contributed by atoms with van der Waals surface area (Å²) >= 11 is 0. The summed E-state index contributed by atoms with van der Waals surface area (Å²) in [6.45, 7) is 1.34. The Morgan fingerprint density at radius 1 is 1.23 bits per heavy atom. The van der Waals surface area contributed by atoms with Crippen LogP contribution in [0.25, 0.3) is 0 Å². The Labute approximate surface area is 133 Å². The van der Waals surface area contributed by atoms with Crippen LogP contribution in [-0.4, -0.2) is 18.3 Å². The van der Waals surface area contributed by atoms with Gasteiger partial charge in [-0.1, -0.05) is 31.4 Å². The van der Waals surface area contributed by atoms with Gasteiger partial charge in [-0.15, -0.1) is 0 Å². The van der Waals surface area contributed by atoms with Crippen molar-refractivity contribution in [3.05, 3.63) is 29.8 Å². The Hall–Kier alpha value is -1.06. The maximum atomic E-state index is 10.1. The molecule has 1 atom stereocenters. The minimum Gasteiger partial charge on any atom is -0.493 e. The fraction of sp³-hybridized carbons (Fsp3) is 0.684. The van der Waals surface area contributed by atoms with E-state index in [9.17, 15) is 5.11 Å². The molecule has 0 aromatic heterocycles. The van der Waals surface area contributed by atoms with Crippen molar-refractivity contribution in [2.45, 2.75) is 57.5 Å². The zero-order valence-corrected chi connectivity index (χ0v) is 13.5. The number of aliphatic hydroxyl groups is 1. The lowest BCUT2D eigenvalue weighted by Gasteiger charge is -2.42. The first-order valence-electron chi connectivity index (χ1n) is 8.84. The summed E-state index contributed by atoms with van der Waals surface area (Å²) in [5.41, 5.74) is 6.86. The van der Waals surface area contributed by atoms with E-state index in [1.54, 1.807) is 0 Å². The first kappa shape index (κ1) is 15.8. The maximum absolute atomic E-state index is 10.1. The minimum absolute atomic E-state index is 0.421. The van der Waals surface area contributed by atoms with Gasteiger partial charge in [-0.25, -0.2) is 0 Å². The number of nitrogens with two attached hydrogens (primary N) is 1. The van der Waals surface area contributed by atoms with Crippen LogP contribution < -0.4 is 10.5 Å². The highest BCUT2D eigenvalue weighted by Crippen LogP contribution is 2.52. The van der Waals surface area contributed by atoms with Crippen molar-refractivity contribution >= 4 is 0 Å². The van der Waals surface area contributed by atoms with Crippen LogP contribution >= 0.6 is 0 Å². The number of ether oxygens (including phenoxy) is 1. The van der Waals surface area contributed by atoms with E-state index in [1.807, 2.05) is 24.3 Å². The van der Waals surface area contributed by atoms with Crippen molar-refractivity contribution in [3.63, 3.8) is 0 Å². The molecule has 0 radical (unpaired) electrons. The first-order chi connectivity index (χ1) is 10.7. The molecule has 2 saturated carbocycles. The number of hydrogen-bond acceptors (Lipinski definition) is 3. The number of benzene rings is 1. The molecule has 3 heteroatoms. The smallest absolute Gasteiger partial charge is 0.119 e. The summed E-state index contributed by atoms with van der Waals surface area (Å²) in [5, 5.41) is 10.1. The van der Waals surface area contributed by atoms with Gasteiger partial charge in [0.05, 0.1) is 12.7 Å². The minimum atomic E-state index is -0.486. The molecule has 3 rings (SSSR count). The highest BCUT2D eigenvalue weighted by molar-refractivity contribution is 5.30. The average molecular weight is 303 g/mol. The summed E-state index contributed by atoms with van der Waals surface area (Å²) in [5.74, 6) is 1.76. The molecule has 1 unspecified atom stereocenters. The van der Waals surface area contributed by atoms with Crippen molar-refractivity contribution in [1.82, 2.24) is 0 Å². The van der Waals surface area contributed by atoms with Gasteiger partial charge in [-0.3, -0.25) is 0 Å². The highest BCUT2D eigenvalue weighted by Gasteiger charge is 2.44. The molecule has 0 spiro atoms. The molecule has 0 bridgehead atoms. The summed E-state index contributed by atoms with van der Waals surface area (Å²) < 4.78 is 6.18. The third-order valence-corrected chi connectivity index (χ3v) is 5.78. The molecule has 0 saturated heterocycles. The molecule has 1 aromatic rings. The maximum Gasteiger partial charge on any atom is 0.119 e. The summed E-state index contributed by atoms with van der Waals surface area (Å²) in [7, 11) is 0. The summed E-state index contributed by atoms with van der Waals surface area (Å²) in [6, 6.07) is 7.89. The standard InChI is InChI=1S/C19H29NO2/c20-12-9-18(21)15-5-3-8-17(13-15)22-14-19(10-1-2-11-19)16-6-4-7-16/h3,5,8,13,16,18,21H,1-2,4,6-7,9-12,14,20H2. The Kier molecular flexibility index (Phi) is 5.04. The fourth-order valence-electron chi connectivity index (χ4n) is 4.13. The molecule has 3 N–H and O–H groups in total. The Balaban J connectivity index is 1.64. The van der Waals surface area contributed by atoms with Gasteiger partial charge in [0.2, 0.25) is 0 Å². The lowest BCUT2D eigenvalue weighted by molar-refractivity contribution is 0.0345. The molecular weight excluding hydrogens is 274 g/mol. The van der Waals surface area contributed by atoms with Gasteiger partial charge in [0, 0.05) is 5.41 Å². The first-order valence-corrected chi connectivity index (χ1v) is 8.84. The van der Waals surface area contributed by atoms with Crippen LogP contribution in [0.2, 0.25) is 0 Å².